The molecule has 2 aromatic carbocycles. The molecule has 0 radical (unpaired) electrons. The van der Waals surface area contributed by atoms with Crippen LogP contribution in [0.25, 0.3) is 0 Å². The molecule has 1 atom stereocenters. The molecule has 0 spiro atoms. The van der Waals surface area contributed by atoms with Gasteiger partial charge in [-0.2, -0.15) is 0 Å². The monoisotopic (exact) mass is 391 g/mol. The number of para-hydroxylation sites is 1. The minimum Gasteiger partial charge on any atom is -0.495 e. The minimum atomic E-state index is -3.74. The molecule has 0 bridgehead atoms. The zero-order chi connectivity index (χ0) is 20.0. The molecule has 146 valence electrons. The molecule has 2 aromatic rings. The molecule has 0 aliphatic heterocycles. The van der Waals surface area contributed by atoms with Crippen molar-refractivity contribution in [3.05, 3.63) is 54.1 Å². The summed E-state index contributed by atoms with van der Waals surface area (Å²) in [6.07, 6.45) is 0. The Morgan fingerprint density at radius 3 is 2.44 bits per heavy atom. The van der Waals surface area contributed by atoms with Gasteiger partial charge in [-0.05, 0) is 44.3 Å². The Morgan fingerprint density at radius 1 is 1.19 bits per heavy atom. The lowest BCUT2D eigenvalue weighted by atomic mass is 10.2. The van der Waals surface area contributed by atoms with Gasteiger partial charge in [-0.3, -0.25) is 4.79 Å². The van der Waals surface area contributed by atoms with Gasteiger partial charge >= 0.3 is 0 Å². The summed E-state index contributed by atoms with van der Waals surface area (Å²) in [7, 11) is 0.903. The van der Waals surface area contributed by atoms with Crippen LogP contribution >= 0.6 is 0 Å². The summed E-state index contributed by atoms with van der Waals surface area (Å²) in [4.78, 5) is 14.5. The number of hydrogen-bond acceptors (Lipinski definition) is 5. The molecule has 0 aliphatic rings. The van der Waals surface area contributed by atoms with E-state index >= 15 is 0 Å². The Hall–Kier alpha value is -2.58. The summed E-state index contributed by atoms with van der Waals surface area (Å²) >= 11 is 0. The molecule has 0 aliphatic carbocycles. The zero-order valence-electron chi connectivity index (χ0n) is 15.9. The molecule has 2 rings (SSSR count). The Labute approximate surface area is 160 Å². The number of hydrogen-bond donors (Lipinski definition) is 2. The fourth-order valence-corrected chi connectivity index (χ4v) is 3.45. The second kappa shape index (κ2) is 8.88. The van der Waals surface area contributed by atoms with E-state index in [0.717, 1.165) is 5.69 Å². The number of ether oxygens (including phenoxy) is 1. The van der Waals surface area contributed by atoms with Crippen molar-refractivity contribution in [3.8, 4) is 5.75 Å². The van der Waals surface area contributed by atoms with Crippen molar-refractivity contribution in [2.24, 2.45) is 0 Å². The maximum atomic E-state index is 12.5. The minimum absolute atomic E-state index is 0.0510. The Bertz CT molecular complexity index is 885. The van der Waals surface area contributed by atoms with Gasteiger partial charge in [0.05, 0.1) is 7.11 Å². The molecule has 0 fully saturated rings. The highest BCUT2D eigenvalue weighted by atomic mass is 32.2. The third kappa shape index (κ3) is 4.99. The van der Waals surface area contributed by atoms with Crippen LogP contribution in [0.15, 0.2) is 53.4 Å². The molecule has 2 N–H and O–H groups in total. The standard InChI is InChI=1S/C19H25N3O4S/c1-14(22(3)16-8-6-5-7-9-16)13-21-19(23)15-10-11-17(26-4)18(12-15)27(24,25)20-2/h5-12,14,20H,13H2,1-4H3,(H,21,23). The molecule has 1 amide bonds. The fourth-order valence-electron chi connectivity index (χ4n) is 2.53. The van der Waals surface area contributed by atoms with Crippen molar-refractivity contribution in [1.82, 2.24) is 10.0 Å². The number of sulfonamides is 1. The van der Waals surface area contributed by atoms with Gasteiger partial charge in [0, 0.05) is 30.9 Å². The predicted octanol–water partition coefficient (Wildman–Crippen LogP) is 1.86. The molecule has 1 unspecified atom stereocenters. The van der Waals surface area contributed by atoms with E-state index in [9.17, 15) is 13.2 Å². The lowest BCUT2D eigenvalue weighted by Crippen LogP contribution is -2.40. The average molecular weight is 391 g/mol. The van der Waals surface area contributed by atoms with Crippen molar-refractivity contribution < 1.29 is 17.9 Å². The van der Waals surface area contributed by atoms with Crippen LogP contribution in [0.2, 0.25) is 0 Å². The summed E-state index contributed by atoms with van der Waals surface area (Å²) < 4.78 is 31.6. The van der Waals surface area contributed by atoms with Crippen LogP contribution in [0.1, 0.15) is 17.3 Å². The van der Waals surface area contributed by atoms with E-state index in [-0.39, 0.29) is 28.2 Å². The number of nitrogens with zero attached hydrogens (tertiary/aromatic N) is 1. The van der Waals surface area contributed by atoms with Crippen LogP contribution in [-0.2, 0) is 10.0 Å². The normalized spacial score (nSPS) is 12.3. The molecular weight excluding hydrogens is 366 g/mol. The van der Waals surface area contributed by atoms with Gasteiger partial charge in [-0.25, -0.2) is 13.1 Å². The number of benzene rings is 2. The van der Waals surface area contributed by atoms with E-state index in [4.69, 9.17) is 4.74 Å². The number of amides is 1. The molecule has 7 nitrogen and oxygen atoms in total. The molecule has 0 saturated heterocycles. The number of rotatable bonds is 8. The summed E-state index contributed by atoms with van der Waals surface area (Å²) in [5.41, 5.74) is 1.30. The molecule has 0 heterocycles. The van der Waals surface area contributed by atoms with E-state index in [0.29, 0.717) is 6.54 Å². The third-order valence-electron chi connectivity index (χ3n) is 4.37. The lowest BCUT2D eigenvalue weighted by molar-refractivity contribution is 0.0951. The smallest absolute Gasteiger partial charge is 0.251 e. The second-order valence-electron chi connectivity index (χ2n) is 6.08. The molecular formula is C19H25N3O4S. The Morgan fingerprint density at radius 2 is 1.85 bits per heavy atom. The van der Waals surface area contributed by atoms with Crippen LogP contribution < -0.4 is 19.7 Å². The predicted molar refractivity (Wildman–Crippen MR) is 106 cm³/mol. The van der Waals surface area contributed by atoms with Gasteiger partial charge in [0.25, 0.3) is 5.91 Å². The van der Waals surface area contributed by atoms with Crippen LogP contribution in [0.4, 0.5) is 5.69 Å². The highest BCUT2D eigenvalue weighted by molar-refractivity contribution is 7.89. The summed E-state index contributed by atoms with van der Waals surface area (Å²) in [5.74, 6) is -0.170. The number of nitrogens with one attached hydrogen (secondary N) is 2. The first kappa shape index (κ1) is 20.7. The number of carbonyl (C=O) groups excluding carboxylic acids is 1. The fraction of sp³-hybridized carbons (Fsp3) is 0.316. The summed E-state index contributed by atoms with van der Waals surface area (Å²) in [5, 5.41) is 2.85. The average Bonchev–Trinajstić information content (AvgIpc) is 2.71. The second-order valence-corrected chi connectivity index (χ2v) is 7.93. The molecule has 8 heteroatoms. The first-order valence-corrected chi connectivity index (χ1v) is 9.96. The maximum Gasteiger partial charge on any atom is 0.251 e. The zero-order valence-corrected chi connectivity index (χ0v) is 16.7. The van der Waals surface area contributed by atoms with E-state index in [1.807, 2.05) is 44.3 Å². The largest absolute Gasteiger partial charge is 0.495 e. The molecule has 0 aromatic heterocycles. The van der Waals surface area contributed by atoms with E-state index in [1.165, 1.54) is 32.4 Å². The van der Waals surface area contributed by atoms with Gasteiger partial charge < -0.3 is 15.0 Å². The number of methoxy groups -OCH3 is 1. The molecule has 0 saturated carbocycles. The Balaban J connectivity index is 2.11. The van der Waals surface area contributed by atoms with Gasteiger partial charge in [0.1, 0.15) is 10.6 Å². The third-order valence-corrected chi connectivity index (χ3v) is 5.80. The summed E-state index contributed by atoms with van der Waals surface area (Å²) in [6, 6.07) is 14.2. The first-order chi connectivity index (χ1) is 12.8. The SMILES string of the molecule is CNS(=O)(=O)c1cc(C(=O)NCC(C)N(C)c2ccccc2)ccc1OC. The topological polar surface area (TPSA) is 87.7 Å². The first-order valence-electron chi connectivity index (χ1n) is 8.47. The van der Waals surface area contributed by atoms with Gasteiger partial charge in [-0.1, -0.05) is 18.2 Å². The van der Waals surface area contributed by atoms with Gasteiger partial charge in [-0.15, -0.1) is 0 Å². The van der Waals surface area contributed by atoms with Crippen molar-refractivity contribution in [2.45, 2.75) is 17.9 Å². The van der Waals surface area contributed by atoms with Crippen LogP contribution in [0.3, 0.4) is 0 Å². The van der Waals surface area contributed by atoms with Crippen molar-refractivity contribution in [1.29, 1.82) is 0 Å². The van der Waals surface area contributed by atoms with Crippen LogP contribution in [0, 0.1) is 0 Å². The van der Waals surface area contributed by atoms with Crippen molar-refractivity contribution in [2.75, 3.05) is 32.6 Å². The molecule has 27 heavy (non-hydrogen) atoms. The van der Waals surface area contributed by atoms with E-state index in [1.54, 1.807) is 0 Å². The highest BCUT2D eigenvalue weighted by Crippen LogP contribution is 2.24. The lowest BCUT2D eigenvalue weighted by Gasteiger charge is -2.27. The number of anilines is 1. The van der Waals surface area contributed by atoms with E-state index < -0.39 is 10.0 Å². The quantitative estimate of drug-likeness (QED) is 0.717. The van der Waals surface area contributed by atoms with Crippen molar-refractivity contribution in [3.63, 3.8) is 0 Å². The van der Waals surface area contributed by atoms with E-state index in [2.05, 4.69) is 14.9 Å². The number of likely N-dealkylation sites (N-methyl/N-ethyl adjacent to an activating group) is 1. The highest BCUT2D eigenvalue weighted by Gasteiger charge is 2.20. The van der Waals surface area contributed by atoms with Gasteiger partial charge in [0.2, 0.25) is 10.0 Å². The number of carbonyl (C=O) groups is 1. The summed E-state index contributed by atoms with van der Waals surface area (Å²) in [6.45, 7) is 2.41. The van der Waals surface area contributed by atoms with Crippen LogP contribution in [-0.4, -0.2) is 48.1 Å². The Kier molecular flexibility index (Phi) is 6.81. The van der Waals surface area contributed by atoms with Crippen molar-refractivity contribution >= 4 is 21.6 Å². The van der Waals surface area contributed by atoms with Crippen LogP contribution in [0.5, 0.6) is 5.75 Å². The maximum absolute atomic E-state index is 12.5. The van der Waals surface area contributed by atoms with Gasteiger partial charge in [0.15, 0.2) is 0 Å².